The summed E-state index contributed by atoms with van der Waals surface area (Å²) in [5, 5.41) is 0. The second kappa shape index (κ2) is 7.20. The SMILES string of the molecule is CC1CCCN(C(N)=NCC2(C)Cc3ccccc3C2)C1.I. The first-order valence-electron chi connectivity index (χ1n) is 8.17. The molecule has 1 aromatic rings. The van der Waals surface area contributed by atoms with Gasteiger partial charge in [-0.3, -0.25) is 4.99 Å². The summed E-state index contributed by atoms with van der Waals surface area (Å²) >= 11 is 0. The highest BCUT2D eigenvalue weighted by atomic mass is 127. The van der Waals surface area contributed by atoms with E-state index in [0.717, 1.165) is 44.4 Å². The fourth-order valence-electron chi connectivity index (χ4n) is 3.77. The van der Waals surface area contributed by atoms with E-state index in [-0.39, 0.29) is 29.4 Å². The summed E-state index contributed by atoms with van der Waals surface area (Å²) in [5.41, 5.74) is 9.43. The van der Waals surface area contributed by atoms with E-state index < -0.39 is 0 Å². The van der Waals surface area contributed by atoms with E-state index in [2.05, 4.69) is 43.0 Å². The van der Waals surface area contributed by atoms with Crippen molar-refractivity contribution in [1.29, 1.82) is 0 Å². The quantitative estimate of drug-likeness (QED) is 0.459. The van der Waals surface area contributed by atoms with Crippen molar-refractivity contribution in [3.8, 4) is 0 Å². The fourth-order valence-corrected chi connectivity index (χ4v) is 3.77. The number of benzene rings is 1. The number of nitrogens with zero attached hydrogens (tertiary/aromatic N) is 2. The molecule has 4 heteroatoms. The molecule has 2 N–H and O–H groups in total. The summed E-state index contributed by atoms with van der Waals surface area (Å²) in [4.78, 5) is 7.00. The van der Waals surface area contributed by atoms with Crippen molar-refractivity contribution in [3.05, 3.63) is 35.4 Å². The zero-order valence-corrected chi connectivity index (χ0v) is 16.0. The maximum Gasteiger partial charge on any atom is 0.191 e. The predicted octanol–water partition coefficient (Wildman–Crippen LogP) is 3.46. The third-order valence-electron chi connectivity index (χ3n) is 4.96. The zero-order valence-electron chi connectivity index (χ0n) is 13.7. The number of nitrogens with two attached hydrogens (primary N) is 1. The molecule has 122 valence electrons. The van der Waals surface area contributed by atoms with Gasteiger partial charge in [0.25, 0.3) is 0 Å². The number of likely N-dealkylation sites (tertiary alicyclic amines) is 1. The van der Waals surface area contributed by atoms with Crippen LogP contribution in [-0.2, 0) is 12.8 Å². The summed E-state index contributed by atoms with van der Waals surface area (Å²) in [6, 6.07) is 8.77. The Morgan fingerprint density at radius 3 is 2.55 bits per heavy atom. The molecule has 3 nitrogen and oxygen atoms in total. The summed E-state index contributed by atoms with van der Waals surface area (Å²) < 4.78 is 0. The molecular formula is C18H28IN3. The summed E-state index contributed by atoms with van der Waals surface area (Å²) in [6.45, 7) is 7.60. The van der Waals surface area contributed by atoms with Crippen molar-refractivity contribution in [2.45, 2.75) is 39.5 Å². The monoisotopic (exact) mass is 413 g/mol. The van der Waals surface area contributed by atoms with Gasteiger partial charge in [-0.2, -0.15) is 0 Å². The maximum atomic E-state index is 6.23. The van der Waals surface area contributed by atoms with E-state index in [1.807, 2.05) is 0 Å². The van der Waals surface area contributed by atoms with E-state index in [4.69, 9.17) is 10.7 Å². The van der Waals surface area contributed by atoms with Gasteiger partial charge >= 0.3 is 0 Å². The molecule has 22 heavy (non-hydrogen) atoms. The zero-order chi connectivity index (χ0) is 14.9. The van der Waals surface area contributed by atoms with E-state index in [1.54, 1.807) is 0 Å². The average molecular weight is 413 g/mol. The number of rotatable bonds is 2. The number of aliphatic imine (C=N–C) groups is 1. The van der Waals surface area contributed by atoms with Crippen LogP contribution < -0.4 is 5.73 Å². The van der Waals surface area contributed by atoms with Gasteiger partial charge < -0.3 is 10.6 Å². The number of halogens is 1. The van der Waals surface area contributed by atoms with Gasteiger partial charge in [-0.25, -0.2) is 0 Å². The Kier molecular flexibility index (Phi) is 5.75. The molecule has 1 aliphatic carbocycles. The van der Waals surface area contributed by atoms with Crippen LogP contribution in [0.25, 0.3) is 0 Å². The lowest BCUT2D eigenvalue weighted by molar-refractivity contribution is 0.268. The summed E-state index contributed by atoms with van der Waals surface area (Å²) in [5.74, 6) is 1.48. The third kappa shape index (κ3) is 3.94. The Morgan fingerprint density at radius 2 is 1.95 bits per heavy atom. The van der Waals surface area contributed by atoms with Crippen molar-refractivity contribution >= 4 is 29.9 Å². The maximum absolute atomic E-state index is 6.23. The summed E-state index contributed by atoms with van der Waals surface area (Å²) in [6.07, 6.45) is 4.80. The molecule has 1 saturated heterocycles. The number of piperidine rings is 1. The largest absolute Gasteiger partial charge is 0.370 e. The minimum absolute atomic E-state index is 0. The normalized spacial score (nSPS) is 23.8. The van der Waals surface area contributed by atoms with Crippen molar-refractivity contribution in [3.63, 3.8) is 0 Å². The Morgan fingerprint density at radius 1 is 1.32 bits per heavy atom. The van der Waals surface area contributed by atoms with Crippen molar-refractivity contribution < 1.29 is 0 Å². The van der Waals surface area contributed by atoms with Crippen LogP contribution in [0.4, 0.5) is 0 Å². The third-order valence-corrected chi connectivity index (χ3v) is 4.96. The summed E-state index contributed by atoms with van der Waals surface area (Å²) in [7, 11) is 0. The standard InChI is InChI=1S/C18H27N3.HI/c1-14-6-5-9-21(12-14)17(19)20-13-18(2)10-15-7-3-4-8-16(15)11-18;/h3-4,7-8,14H,5-6,9-13H2,1-2H3,(H2,19,20);1H. The number of fused-ring (bicyclic) bond motifs is 1. The highest BCUT2D eigenvalue weighted by molar-refractivity contribution is 14.0. The number of hydrogen-bond donors (Lipinski definition) is 1. The lowest BCUT2D eigenvalue weighted by atomic mass is 9.87. The molecule has 0 amide bonds. The van der Waals surface area contributed by atoms with Gasteiger partial charge in [0.1, 0.15) is 0 Å². The van der Waals surface area contributed by atoms with Crippen molar-refractivity contribution in [2.75, 3.05) is 19.6 Å². The van der Waals surface area contributed by atoms with Crippen LogP contribution in [0.3, 0.4) is 0 Å². The van der Waals surface area contributed by atoms with Gasteiger partial charge in [-0.05, 0) is 48.1 Å². The Labute approximate surface area is 151 Å². The van der Waals surface area contributed by atoms with Crippen LogP contribution in [0, 0.1) is 11.3 Å². The van der Waals surface area contributed by atoms with Crippen molar-refractivity contribution in [2.24, 2.45) is 22.1 Å². The molecule has 0 radical (unpaired) electrons. The number of guanidine groups is 1. The van der Waals surface area contributed by atoms with E-state index >= 15 is 0 Å². The smallest absolute Gasteiger partial charge is 0.191 e. The second-order valence-electron chi connectivity index (χ2n) is 7.30. The Hall–Kier alpha value is -0.780. The van der Waals surface area contributed by atoms with Gasteiger partial charge in [0, 0.05) is 19.6 Å². The van der Waals surface area contributed by atoms with Crippen LogP contribution in [-0.4, -0.2) is 30.5 Å². The van der Waals surface area contributed by atoms with E-state index in [9.17, 15) is 0 Å². The van der Waals surface area contributed by atoms with Gasteiger partial charge in [-0.1, -0.05) is 38.1 Å². The minimum Gasteiger partial charge on any atom is -0.370 e. The topological polar surface area (TPSA) is 41.6 Å². The highest BCUT2D eigenvalue weighted by Gasteiger charge is 2.32. The Balaban J connectivity index is 0.00000176. The van der Waals surface area contributed by atoms with Crippen LogP contribution in [0.15, 0.2) is 29.3 Å². The first-order valence-corrected chi connectivity index (χ1v) is 8.17. The molecule has 1 atom stereocenters. The molecule has 1 unspecified atom stereocenters. The highest BCUT2D eigenvalue weighted by Crippen LogP contribution is 2.36. The molecule has 0 bridgehead atoms. The van der Waals surface area contributed by atoms with Gasteiger partial charge in [0.05, 0.1) is 0 Å². The molecule has 1 aliphatic heterocycles. The Bertz CT molecular complexity index is 516. The minimum atomic E-state index is 0. The fraction of sp³-hybridized carbons (Fsp3) is 0.611. The van der Waals surface area contributed by atoms with Gasteiger partial charge in [0.2, 0.25) is 0 Å². The predicted molar refractivity (Wildman–Crippen MR) is 104 cm³/mol. The van der Waals surface area contributed by atoms with Crippen LogP contribution >= 0.6 is 24.0 Å². The average Bonchev–Trinajstić information content (AvgIpc) is 2.81. The van der Waals surface area contributed by atoms with Crippen molar-refractivity contribution in [1.82, 2.24) is 4.90 Å². The lowest BCUT2D eigenvalue weighted by Crippen LogP contribution is -2.44. The first-order chi connectivity index (χ1) is 10.1. The molecule has 0 saturated carbocycles. The van der Waals surface area contributed by atoms with Crippen LogP contribution in [0.1, 0.15) is 37.8 Å². The number of hydrogen-bond acceptors (Lipinski definition) is 1. The molecule has 3 rings (SSSR count). The lowest BCUT2D eigenvalue weighted by Gasteiger charge is -2.32. The van der Waals surface area contributed by atoms with Crippen LogP contribution in [0.2, 0.25) is 0 Å². The molecule has 0 aromatic heterocycles. The van der Waals surface area contributed by atoms with Gasteiger partial charge in [0.15, 0.2) is 5.96 Å². The molecule has 1 fully saturated rings. The molecule has 0 spiro atoms. The second-order valence-corrected chi connectivity index (χ2v) is 7.30. The van der Waals surface area contributed by atoms with E-state index in [0.29, 0.717) is 0 Å². The van der Waals surface area contributed by atoms with Crippen LogP contribution in [0.5, 0.6) is 0 Å². The molecule has 2 aliphatic rings. The molecule has 1 aromatic carbocycles. The van der Waals surface area contributed by atoms with Gasteiger partial charge in [-0.15, -0.1) is 24.0 Å². The van der Waals surface area contributed by atoms with E-state index in [1.165, 1.54) is 24.0 Å². The molecule has 1 heterocycles. The first kappa shape index (κ1) is 17.6. The molecular weight excluding hydrogens is 385 g/mol.